The van der Waals surface area contributed by atoms with Crippen LogP contribution in [0.4, 0.5) is 35.9 Å². The summed E-state index contributed by atoms with van der Waals surface area (Å²) in [6.07, 6.45) is -10.0. The van der Waals surface area contributed by atoms with Gasteiger partial charge in [0.25, 0.3) is 0 Å². The summed E-state index contributed by atoms with van der Waals surface area (Å²) >= 11 is 0. The molecule has 7 saturated heterocycles. The van der Waals surface area contributed by atoms with Crippen molar-refractivity contribution in [2.24, 2.45) is 11.8 Å². The van der Waals surface area contributed by atoms with E-state index < -0.39 is 96.8 Å². The fourth-order valence-corrected chi connectivity index (χ4v) is 9.55. The Morgan fingerprint density at radius 2 is 1.04 bits per heavy atom. The van der Waals surface area contributed by atoms with Crippen LogP contribution in [0.3, 0.4) is 0 Å². The number of aliphatic hydroxyl groups is 1. The minimum Gasteiger partial charge on any atom is -0.444 e. The van der Waals surface area contributed by atoms with Crippen LogP contribution in [-0.4, -0.2) is 154 Å². The smallest absolute Gasteiger partial charge is 0.410 e. The molecule has 0 spiro atoms. The van der Waals surface area contributed by atoms with E-state index in [1.807, 2.05) is 0 Å². The normalized spacial score (nSPS) is 32.5. The van der Waals surface area contributed by atoms with Crippen LogP contribution in [0.5, 0.6) is 0 Å². The zero-order valence-corrected chi connectivity index (χ0v) is 33.0. The van der Waals surface area contributed by atoms with Gasteiger partial charge < -0.3 is 33.9 Å². The second-order valence-electron chi connectivity index (χ2n) is 17.9. The Morgan fingerprint density at radius 3 is 1.42 bits per heavy atom. The van der Waals surface area contributed by atoms with Crippen molar-refractivity contribution in [2.75, 3.05) is 33.4 Å². The molecule has 1 N–H and O–H groups in total. The first kappa shape index (κ1) is 46.6. The monoisotopic (exact) mass is 830 g/mol. The fraction of sp³-hybridized carbons (Fsp3) is 0.895. The maximum absolute atomic E-state index is 12.7. The minimum absolute atomic E-state index is 0. The van der Waals surface area contributed by atoms with Gasteiger partial charge in [0, 0.05) is 33.4 Å². The highest BCUT2D eigenvalue weighted by Gasteiger charge is 2.63. The molecule has 4 amide bonds. The number of ether oxygens (including phenoxy) is 4. The molecule has 0 aromatic rings. The van der Waals surface area contributed by atoms with E-state index in [0.717, 1.165) is 18.1 Å². The van der Waals surface area contributed by atoms with Gasteiger partial charge in [0.1, 0.15) is 30.1 Å². The van der Waals surface area contributed by atoms with Gasteiger partial charge in [0.2, 0.25) is 11.8 Å². The van der Waals surface area contributed by atoms with Crippen LogP contribution in [-0.2, 0) is 28.5 Å². The molecule has 7 fully saturated rings. The highest BCUT2D eigenvalue weighted by molar-refractivity contribution is 5.79. The van der Waals surface area contributed by atoms with E-state index in [9.17, 15) is 50.6 Å². The number of piperidine rings is 4. The van der Waals surface area contributed by atoms with Crippen molar-refractivity contribution in [3.8, 4) is 0 Å². The molecule has 13 nitrogen and oxygen atoms in total. The summed E-state index contributed by atoms with van der Waals surface area (Å²) in [6.45, 7) is 12.9. The van der Waals surface area contributed by atoms with Gasteiger partial charge in [0.15, 0.2) is 0 Å². The largest absolute Gasteiger partial charge is 0.444 e. The average molecular weight is 831 g/mol. The topological polar surface area (TPSA) is 138 Å². The van der Waals surface area contributed by atoms with Crippen LogP contribution in [0, 0.1) is 11.8 Å². The number of alkyl halides is 6. The molecule has 0 aliphatic carbocycles. The molecule has 328 valence electrons. The third kappa shape index (κ3) is 11.0. The molecule has 0 saturated carbocycles. The first-order chi connectivity index (χ1) is 25.8. The van der Waals surface area contributed by atoms with E-state index >= 15 is 0 Å². The second kappa shape index (κ2) is 17.3. The number of amides is 4. The number of carbonyl (C=O) groups is 4. The molecule has 7 aliphatic heterocycles. The lowest BCUT2D eigenvalue weighted by atomic mass is 9.86. The Balaban J connectivity index is 0.000000221. The lowest BCUT2D eigenvalue weighted by Crippen LogP contribution is -2.59. The SMILES string of the molecule is C.C1CCOC1.CC(C)(C)OC(=O)N1[C@@H]2CC3C[C@H]1[C@H](O)C2N(C(=O)CC(F)(F)F)C3.CO[C@@H]1C2[C@H]3CC(C[C@@H]1N3C(=O)OC(C)(C)C)CN2C(=O)CC(F)(F)F. The van der Waals surface area contributed by atoms with E-state index in [0.29, 0.717) is 25.7 Å². The lowest BCUT2D eigenvalue weighted by Gasteiger charge is -2.46. The summed E-state index contributed by atoms with van der Waals surface area (Å²) in [7, 11) is 1.47. The number of carbonyl (C=O) groups excluding carboxylic acids is 4. The van der Waals surface area contributed by atoms with Gasteiger partial charge in [-0.3, -0.25) is 19.4 Å². The highest BCUT2D eigenvalue weighted by atomic mass is 19.4. The summed E-state index contributed by atoms with van der Waals surface area (Å²) in [4.78, 5) is 55.1. The van der Waals surface area contributed by atoms with Crippen molar-refractivity contribution < 1.29 is 69.6 Å². The first-order valence-corrected chi connectivity index (χ1v) is 19.3. The molecular formula is C38H60F6N4O9. The number of methoxy groups -OCH3 is 1. The lowest BCUT2D eigenvalue weighted by molar-refractivity contribution is -0.168. The Morgan fingerprint density at radius 1 is 0.649 bits per heavy atom. The predicted octanol–water partition coefficient (Wildman–Crippen LogP) is 5.90. The number of likely N-dealkylation sites (tertiary alicyclic amines) is 2. The van der Waals surface area contributed by atoms with Crippen LogP contribution in [0.25, 0.3) is 0 Å². The van der Waals surface area contributed by atoms with Crippen LogP contribution < -0.4 is 0 Å². The summed E-state index contributed by atoms with van der Waals surface area (Å²) in [5.74, 6) is -1.94. The maximum Gasteiger partial charge on any atom is 0.410 e. The molecule has 0 aromatic heterocycles. The standard InChI is InChI=1S/C17H25F3N2O4.C16H23F3N2O4.C4H8O.CH4/c1-16(2,3)26-15(24)22-10-5-9-6-11(22)14(25-4)13(10)21(8-9)12(23)7-17(18,19)20;1-15(2,3)25-14(24)21-9-4-8-5-10(21)13(23)12(9)20(7-8)11(22)6-16(17,18)19;1-2-4-5-3-1;/h9-11,13-14H,5-8H2,1-4H3;8-10,12-13,23H,4-7H2,1-3H3;1-4H2;1H4/t9?,10-,11+,13?,14+;8?,9-,10+,12?,13+;;/m11../s1. The van der Waals surface area contributed by atoms with Crippen molar-refractivity contribution in [1.29, 1.82) is 0 Å². The minimum atomic E-state index is -4.60. The van der Waals surface area contributed by atoms with Crippen LogP contribution in [0.15, 0.2) is 0 Å². The number of hydrogen-bond acceptors (Lipinski definition) is 9. The number of aliphatic hydroxyl groups excluding tert-OH is 1. The van der Waals surface area contributed by atoms with E-state index in [-0.39, 0.29) is 44.4 Å². The molecule has 7 heterocycles. The predicted molar refractivity (Wildman–Crippen MR) is 193 cm³/mol. The van der Waals surface area contributed by atoms with Crippen molar-refractivity contribution in [3.63, 3.8) is 0 Å². The summed E-state index contributed by atoms with van der Waals surface area (Å²) in [5.41, 5.74) is -1.40. The third-order valence-corrected chi connectivity index (χ3v) is 11.3. The number of fused-ring (bicyclic) bond motifs is 4. The van der Waals surface area contributed by atoms with E-state index in [1.165, 1.54) is 29.8 Å². The van der Waals surface area contributed by atoms with Crippen molar-refractivity contribution in [1.82, 2.24) is 19.6 Å². The van der Waals surface area contributed by atoms with Gasteiger partial charge in [-0.2, -0.15) is 26.3 Å². The Labute approximate surface area is 330 Å². The van der Waals surface area contributed by atoms with Crippen LogP contribution in [0.1, 0.15) is 100 Å². The number of halogens is 6. The number of nitrogens with zero attached hydrogens (tertiary/aromatic N) is 4. The Bertz CT molecular complexity index is 1440. The third-order valence-electron chi connectivity index (χ3n) is 11.3. The van der Waals surface area contributed by atoms with Crippen molar-refractivity contribution in [2.45, 2.75) is 172 Å². The number of hydrogen-bond donors (Lipinski definition) is 1. The summed E-state index contributed by atoms with van der Waals surface area (Å²) < 4.78 is 97.3. The first-order valence-electron chi connectivity index (χ1n) is 19.3. The zero-order chi connectivity index (χ0) is 41.7. The molecule has 10 atom stereocenters. The van der Waals surface area contributed by atoms with Gasteiger partial charge in [-0.1, -0.05) is 7.43 Å². The van der Waals surface area contributed by atoms with Crippen LogP contribution >= 0.6 is 0 Å². The summed E-state index contributed by atoms with van der Waals surface area (Å²) in [6, 6.07) is -3.04. The molecule has 7 aliphatic rings. The molecule has 57 heavy (non-hydrogen) atoms. The number of rotatable bonds is 3. The van der Waals surface area contributed by atoms with E-state index in [1.54, 1.807) is 46.4 Å². The van der Waals surface area contributed by atoms with Gasteiger partial charge in [0.05, 0.1) is 42.4 Å². The molecule has 6 bridgehead atoms. The average Bonchev–Trinajstić information content (AvgIpc) is 3.67. The molecule has 0 aromatic carbocycles. The van der Waals surface area contributed by atoms with Gasteiger partial charge in [-0.05, 0) is 91.9 Å². The Kier molecular flexibility index (Phi) is 14.1. The van der Waals surface area contributed by atoms with Crippen molar-refractivity contribution in [3.05, 3.63) is 0 Å². The zero-order valence-electron chi connectivity index (χ0n) is 33.0. The molecular weight excluding hydrogens is 770 g/mol. The molecule has 4 unspecified atom stereocenters. The fourth-order valence-electron chi connectivity index (χ4n) is 9.55. The van der Waals surface area contributed by atoms with Crippen molar-refractivity contribution >= 4 is 24.0 Å². The van der Waals surface area contributed by atoms with E-state index in [4.69, 9.17) is 18.9 Å². The van der Waals surface area contributed by atoms with Gasteiger partial charge in [-0.15, -0.1) is 0 Å². The van der Waals surface area contributed by atoms with Crippen LogP contribution in [0.2, 0.25) is 0 Å². The second-order valence-corrected chi connectivity index (χ2v) is 17.9. The molecule has 7 rings (SSSR count). The summed E-state index contributed by atoms with van der Waals surface area (Å²) in [5, 5.41) is 10.6. The quantitative estimate of drug-likeness (QED) is 0.345. The Hall–Kier alpha value is -3.06. The highest BCUT2D eigenvalue weighted by Crippen LogP contribution is 2.48. The van der Waals surface area contributed by atoms with Gasteiger partial charge >= 0.3 is 24.5 Å². The molecule has 0 radical (unpaired) electrons. The maximum atomic E-state index is 12.7. The van der Waals surface area contributed by atoms with Gasteiger partial charge in [-0.25, -0.2) is 9.59 Å². The molecule has 19 heteroatoms. The van der Waals surface area contributed by atoms with E-state index in [2.05, 4.69) is 0 Å².